The number of aliphatic hydroxyl groups is 1. The van der Waals surface area contributed by atoms with Gasteiger partial charge in [0.05, 0.1) is 0 Å². The summed E-state index contributed by atoms with van der Waals surface area (Å²) in [5.74, 6) is -1.81. The number of amides is 1. The molecule has 1 aromatic heterocycles. The minimum Gasteiger partial charge on any atom is -0.479 e. The molecule has 1 atom stereocenters. The number of aromatic nitrogens is 1. The summed E-state index contributed by atoms with van der Waals surface area (Å²) in [5.41, 5.74) is 1.35. The summed E-state index contributed by atoms with van der Waals surface area (Å²) < 4.78 is 4.94. The Morgan fingerprint density at radius 1 is 1.29 bits per heavy atom. The summed E-state index contributed by atoms with van der Waals surface area (Å²) in [5, 5.41) is 23.8. The largest absolute Gasteiger partial charge is 0.479 e. The lowest BCUT2D eigenvalue weighted by molar-refractivity contribution is -0.146. The Kier molecular flexibility index (Phi) is 4.68. The van der Waals surface area contributed by atoms with Crippen LogP contribution in [0, 0.1) is 0 Å². The van der Waals surface area contributed by atoms with Crippen LogP contribution in [0.2, 0.25) is 0 Å². The number of hydrogen-bond acceptors (Lipinski definition) is 5. The molecule has 0 unspecified atom stereocenters. The van der Waals surface area contributed by atoms with E-state index in [2.05, 4.69) is 10.5 Å². The number of carbonyl (C=O) groups excluding carboxylic acids is 1. The van der Waals surface area contributed by atoms with Crippen LogP contribution in [0.5, 0.6) is 0 Å². The van der Waals surface area contributed by atoms with Crippen molar-refractivity contribution in [3.63, 3.8) is 0 Å². The highest BCUT2D eigenvalue weighted by molar-refractivity contribution is 5.92. The fourth-order valence-corrected chi connectivity index (χ4v) is 1.66. The molecule has 2 rings (SSSR count). The number of benzene rings is 1. The molecule has 1 amide bonds. The van der Waals surface area contributed by atoms with Crippen LogP contribution in [-0.2, 0) is 4.79 Å². The molecule has 110 valence electrons. The molecule has 0 bridgehead atoms. The minimum absolute atomic E-state index is 0.0215. The Bertz CT molecular complexity index is 623. The number of nitrogens with zero attached hydrogens (tertiary/aromatic N) is 1. The molecule has 0 aliphatic heterocycles. The predicted molar refractivity (Wildman–Crippen MR) is 72.5 cm³/mol. The number of carboxylic acid groups (broad SMARTS) is 1. The topological polar surface area (TPSA) is 113 Å². The number of rotatable bonds is 6. The lowest BCUT2D eigenvalue weighted by Gasteiger charge is -2.05. The Morgan fingerprint density at radius 3 is 2.67 bits per heavy atom. The van der Waals surface area contributed by atoms with Crippen molar-refractivity contribution in [2.24, 2.45) is 0 Å². The third-order valence-corrected chi connectivity index (χ3v) is 2.79. The smallest absolute Gasteiger partial charge is 0.332 e. The maximum absolute atomic E-state index is 11.8. The molecule has 7 nitrogen and oxygen atoms in total. The molecule has 0 spiro atoms. The fraction of sp³-hybridized carbons (Fsp3) is 0.214. The van der Waals surface area contributed by atoms with Gasteiger partial charge in [0.15, 0.2) is 6.10 Å². The second kappa shape index (κ2) is 6.67. The summed E-state index contributed by atoms with van der Waals surface area (Å²) in [6, 6.07) is 10.7. The highest BCUT2D eigenvalue weighted by atomic mass is 16.5. The second-order valence-corrected chi connectivity index (χ2v) is 4.34. The molecule has 0 aliphatic carbocycles. The van der Waals surface area contributed by atoms with Gasteiger partial charge in [0, 0.05) is 24.6 Å². The van der Waals surface area contributed by atoms with Gasteiger partial charge in [-0.15, -0.1) is 0 Å². The first-order valence-electron chi connectivity index (χ1n) is 6.29. The van der Waals surface area contributed by atoms with Gasteiger partial charge in [-0.3, -0.25) is 4.79 Å². The van der Waals surface area contributed by atoms with Crippen LogP contribution in [0.3, 0.4) is 0 Å². The van der Waals surface area contributed by atoms with Gasteiger partial charge in [0.25, 0.3) is 5.91 Å². The zero-order valence-corrected chi connectivity index (χ0v) is 11.0. The Balaban J connectivity index is 1.92. The average molecular weight is 290 g/mol. The molecule has 7 heteroatoms. The van der Waals surface area contributed by atoms with Gasteiger partial charge < -0.3 is 20.1 Å². The maximum Gasteiger partial charge on any atom is 0.332 e. The SMILES string of the molecule is O=C(NCC[C@H](O)C(=O)O)c1cc(-c2ccccc2)no1. The number of carboxylic acids is 1. The quantitative estimate of drug-likeness (QED) is 0.728. The normalized spacial score (nSPS) is 11.9. The monoisotopic (exact) mass is 290 g/mol. The molecule has 0 saturated heterocycles. The first-order chi connectivity index (χ1) is 10.1. The van der Waals surface area contributed by atoms with Crippen LogP contribution in [0.15, 0.2) is 40.9 Å². The van der Waals surface area contributed by atoms with Gasteiger partial charge in [-0.25, -0.2) is 4.79 Å². The molecule has 0 aliphatic rings. The highest BCUT2D eigenvalue weighted by Gasteiger charge is 2.16. The standard InChI is InChI=1S/C14H14N2O5/c17-11(14(19)20)6-7-15-13(18)12-8-10(16-21-12)9-4-2-1-3-5-9/h1-5,8,11,17H,6-7H2,(H,15,18)(H,19,20)/t11-/m0/s1. The highest BCUT2D eigenvalue weighted by Crippen LogP contribution is 2.18. The first kappa shape index (κ1) is 14.7. The predicted octanol–water partition coefficient (Wildman–Crippen LogP) is 0.907. The van der Waals surface area contributed by atoms with Gasteiger partial charge >= 0.3 is 5.97 Å². The Morgan fingerprint density at radius 2 is 2.00 bits per heavy atom. The van der Waals surface area contributed by atoms with Crippen LogP contribution >= 0.6 is 0 Å². The van der Waals surface area contributed by atoms with E-state index >= 15 is 0 Å². The zero-order chi connectivity index (χ0) is 15.2. The van der Waals surface area contributed by atoms with Crippen LogP contribution in [0.25, 0.3) is 11.3 Å². The number of nitrogens with one attached hydrogen (secondary N) is 1. The van der Waals surface area contributed by atoms with Gasteiger partial charge in [0.2, 0.25) is 5.76 Å². The van der Waals surface area contributed by atoms with E-state index in [0.717, 1.165) is 5.56 Å². The Hall–Kier alpha value is -2.67. The van der Waals surface area contributed by atoms with Gasteiger partial charge in [0.1, 0.15) is 5.69 Å². The summed E-state index contributed by atoms with van der Waals surface area (Å²) in [7, 11) is 0. The van der Waals surface area contributed by atoms with Crippen LogP contribution < -0.4 is 5.32 Å². The minimum atomic E-state index is -1.50. The molecule has 1 heterocycles. The lowest BCUT2D eigenvalue weighted by Crippen LogP contribution is -2.29. The summed E-state index contributed by atoms with van der Waals surface area (Å²) in [6.07, 6.45) is -1.58. The van der Waals surface area contributed by atoms with Gasteiger partial charge in [-0.1, -0.05) is 35.5 Å². The number of aliphatic carboxylic acids is 1. The van der Waals surface area contributed by atoms with E-state index in [1.807, 2.05) is 30.3 Å². The van der Waals surface area contributed by atoms with Crippen molar-refractivity contribution in [3.05, 3.63) is 42.2 Å². The van der Waals surface area contributed by atoms with Crippen LogP contribution in [0.4, 0.5) is 0 Å². The van der Waals surface area contributed by atoms with Crippen molar-refractivity contribution in [2.75, 3.05) is 6.54 Å². The fourth-order valence-electron chi connectivity index (χ4n) is 1.66. The average Bonchev–Trinajstić information content (AvgIpc) is 2.97. The van der Waals surface area contributed by atoms with E-state index in [1.165, 1.54) is 6.07 Å². The van der Waals surface area contributed by atoms with Crippen molar-refractivity contribution in [3.8, 4) is 11.3 Å². The molecule has 1 aromatic carbocycles. The third-order valence-electron chi connectivity index (χ3n) is 2.79. The van der Waals surface area contributed by atoms with E-state index in [0.29, 0.717) is 5.69 Å². The van der Waals surface area contributed by atoms with E-state index in [-0.39, 0.29) is 18.7 Å². The van der Waals surface area contributed by atoms with Crippen molar-refractivity contribution in [2.45, 2.75) is 12.5 Å². The molecule has 0 saturated carbocycles. The van der Waals surface area contributed by atoms with Crippen molar-refractivity contribution < 1.29 is 24.3 Å². The van der Waals surface area contributed by atoms with Gasteiger partial charge in [-0.05, 0) is 0 Å². The zero-order valence-electron chi connectivity index (χ0n) is 11.0. The molecule has 0 radical (unpaired) electrons. The molecule has 21 heavy (non-hydrogen) atoms. The Labute approximate surface area is 120 Å². The maximum atomic E-state index is 11.8. The van der Waals surface area contributed by atoms with Crippen molar-refractivity contribution in [1.29, 1.82) is 0 Å². The molecule has 3 N–H and O–H groups in total. The van der Waals surface area contributed by atoms with Crippen LogP contribution in [-0.4, -0.2) is 39.9 Å². The van der Waals surface area contributed by atoms with Crippen molar-refractivity contribution >= 4 is 11.9 Å². The number of hydrogen-bond donors (Lipinski definition) is 3. The molecule has 0 fully saturated rings. The summed E-state index contributed by atoms with van der Waals surface area (Å²) >= 11 is 0. The number of carbonyl (C=O) groups is 2. The van der Waals surface area contributed by atoms with E-state index in [4.69, 9.17) is 14.7 Å². The number of aliphatic hydroxyl groups excluding tert-OH is 1. The van der Waals surface area contributed by atoms with Crippen LogP contribution in [0.1, 0.15) is 17.0 Å². The van der Waals surface area contributed by atoms with E-state index < -0.39 is 18.0 Å². The van der Waals surface area contributed by atoms with E-state index in [1.54, 1.807) is 0 Å². The lowest BCUT2D eigenvalue weighted by atomic mass is 10.1. The first-order valence-corrected chi connectivity index (χ1v) is 6.29. The molecular formula is C14H14N2O5. The summed E-state index contributed by atoms with van der Waals surface area (Å²) in [6.45, 7) is 0.0215. The molecule has 2 aromatic rings. The van der Waals surface area contributed by atoms with Crippen molar-refractivity contribution in [1.82, 2.24) is 10.5 Å². The molecular weight excluding hydrogens is 276 g/mol. The third kappa shape index (κ3) is 3.90. The second-order valence-electron chi connectivity index (χ2n) is 4.34. The summed E-state index contributed by atoms with van der Waals surface area (Å²) in [4.78, 5) is 22.2. The van der Waals surface area contributed by atoms with E-state index in [9.17, 15) is 9.59 Å². The van der Waals surface area contributed by atoms with Gasteiger partial charge in [-0.2, -0.15) is 0 Å².